The topological polar surface area (TPSA) is 40.5 Å². The van der Waals surface area contributed by atoms with Gasteiger partial charge in [-0.3, -0.25) is 0 Å². The van der Waals surface area contributed by atoms with Crippen LogP contribution < -0.4 is 0 Å². The summed E-state index contributed by atoms with van der Waals surface area (Å²) >= 11 is 0. The first-order chi connectivity index (χ1) is 5.70. The van der Waals surface area contributed by atoms with Crippen LogP contribution >= 0.6 is 21.6 Å². The molecule has 0 aliphatic carbocycles. The van der Waals surface area contributed by atoms with Crippen LogP contribution in [0.25, 0.3) is 0 Å². The highest BCUT2D eigenvalue weighted by Crippen LogP contribution is 2.23. The largest absolute Gasteiger partial charge is 0.392 e. The number of rotatable bonds is 7. The molecule has 74 valence electrons. The molecule has 2 N–H and O–H groups in total. The van der Waals surface area contributed by atoms with Crippen molar-refractivity contribution in [1.29, 1.82) is 0 Å². The van der Waals surface area contributed by atoms with Gasteiger partial charge in [-0.15, -0.1) is 0 Å². The summed E-state index contributed by atoms with van der Waals surface area (Å²) in [5, 5.41) is 18.4. The van der Waals surface area contributed by atoms with E-state index >= 15 is 0 Å². The van der Waals surface area contributed by atoms with E-state index in [1.165, 1.54) is 0 Å². The molecule has 0 spiro atoms. The van der Waals surface area contributed by atoms with Gasteiger partial charge in [-0.2, -0.15) is 0 Å². The molecule has 4 heteroatoms. The summed E-state index contributed by atoms with van der Waals surface area (Å²) in [5.74, 6) is 1.52. The summed E-state index contributed by atoms with van der Waals surface area (Å²) in [4.78, 5) is 0. The highest BCUT2D eigenvalue weighted by molar-refractivity contribution is 8.76. The lowest BCUT2D eigenvalue weighted by molar-refractivity contribution is 0.194. The predicted octanol–water partition coefficient (Wildman–Crippen LogP) is 1.91. The van der Waals surface area contributed by atoms with Crippen molar-refractivity contribution >= 4 is 21.6 Å². The smallest absolute Gasteiger partial charge is 0.0636 e. The zero-order chi connectivity index (χ0) is 9.40. The summed E-state index contributed by atoms with van der Waals surface area (Å²) in [6.07, 6.45) is 1.23. The van der Waals surface area contributed by atoms with Crippen molar-refractivity contribution in [3.63, 3.8) is 0 Å². The van der Waals surface area contributed by atoms with E-state index < -0.39 is 0 Å². The molecule has 2 nitrogen and oxygen atoms in total. The third-order valence-corrected chi connectivity index (χ3v) is 4.07. The van der Waals surface area contributed by atoms with E-state index in [4.69, 9.17) is 0 Å². The first kappa shape index (κ1) is 12.6. The Labute approximate surface area is 82.5 Å². The summed E-state index contributed by atoms with van der Waals surface area (Å²) in [6.45, 7) is 3.94. The van der Waals surface area contributed by atoms with Crippen molar-refractivity contribution in [1.82, 2.24) is 0 Å². The van der Waals surface area contributed by atoms with Gasteiger partial charge < -0.3 is 10.2 Å². The molecule has 12 heavy (non-hydrogen) atoms. The van der Waals surface area contributed by atoms with Crippen LogP contribution in [0.4, 0.5) is 0 Å². The molecule has 0 aromatic heterocycles. The van der Waals surface area contributed by atoms with Crippen LogP contribution in [0, 0.1) is 0 Å². The Bertz CT molecular complexity index is 89.1. The molecule has 0 fully saturated rings. The zero-order valence-electron chi connectivity index (χ0n) is 7.69. The SMILES string of the molecule is CCC(O)CSSCC(O)CC. The van der Waals surface area contributed by atoms with Gasteiger partial charge in [-0.1, -0.05) is 35.4 Å². The Kier molecular flexibility index (Phi) is 8.65. The van der Waals surface area contributed by atoms with E-state index in [-0.39, 0.29) is 12.2 Å². The lowest BCUT2D eigenvalue weighted by Crippen LogP contribution is -2.09. The van der Waals surface area contributed by atoms with E-state index in [0.29, 0.717) is 0 Å². The second kappa shape index (κ2) is 8.23. The Morgan fingerprint density at radius 1 is 0.917 bits per heavy atom. The summed E-state index contributed by atoms with van der Waals surface area (Å²) in [6, 6.07) is 0. The number of hydrogen-bond donors (Lipinski definition) is 2. The minimum absolute atomic E-state index is 0.193. The Balaban J connectivity index is 3.10. The standard InChI is InChI=1S/C8H18O2S2/c1-3-7(9)5-11-12-6-8(10)4-2/h7-10H,3-6H2,1-2H3. The van der Waals surface area contributed by atoms with Gasteiger partial charge in [0.25, 0.3) is 0 Å². The lowest BCUT2D eigenvalue weighted by atomic mass is 10.3. The molecule has 0 saturated heterocycles. The molecule has 0 rings (SSSR count). The number of aliphatic hydroxyl groups is 2. The maximum atomic E-state index is 9.18. The lowest BCUT2D eigenvalue weighted by Gasteiger charge is -2.08. The minimum atomic E-state index is -0.193. The maximum absolute atomic E-state index is 9.18. The van der Waals surface area contributed by atoms with Crippen LogP contribution in [-0.2, 0) is 0 Å². The highest BCUT2D eigenvalue weighted by Gasteiger charge is 2.03. The molecule has 0 radical (unpaired) electrons. The average molecular weight is 210 g/mol. The van der Waals surface area contributed by atoms with Gasteiger partial charge in [-0.05, 0) is 12.8 Å². The van der Waals surface area contributed by atoms with Crippen LogP contribution in [-0.4, -0.2) is 33.9 Å². The quantitative estimate of drug-likeness (QED) is 0.497. The van der Waals surface area contributed by atoms with E-state index in [2.05, 4.69) is 0 Å². The molecule has 0 aromatic rings. The Hall–Kier alpha value is 0.620. The fraction of sp³-hybridized carbons (Fsp3) is 1.00. The van der Waals surface area contributed by atoms with Gasteiger partial charge in [0.15, 0.2) is 0 Å². The van der Waals surface area contributed by atoms with Crippen LogP contribution in [0.5, 0.6) is 0 Å². The van der Waals surface area contributed by atoms with Crippen LogP contribution in [0.2, 0.25) is 0 Å². The fourth-order valence-electron chi connectivity index (χ4n) is 0.489. The fourth-order valence-corrected chi connectivity index (χ4v) is 2.99. The van der Waals surface area contributed by atoms with Crippen molar-refractivity contribution in [3.05, 3.63) is 0 Å². The molecule has 0 amide bonds. The highest BCUT2D eigenvalue weighted by atomic mass is 33.1. The summed E-state index contributed by atoms with van der Waals surface area (Å²) < 4.78 is 0. The van der Waals surface area contributed by atoms with Gasteiger partial charge in [0.2, 0.25) is 0 Å². The number of aliphatic hydroxyl groups excluding tert-OH is 2. The van der Waals surface area contributed by atoms with Crippen molar-refractivity contribution in [2.45, 2.75) is 38.9 Å². The van der Waals surface area contributed by atoms with E-state index in [1.807, 2.05) is 13.8 Å². The van der Waals surface area contributed by atoms with E-state index in [1.54, 1.807) is 21.6 Å². The normalized spacial score (nSPS) is 16.0. The van der Waals surface area contributed by atoms with Crippen LogP contribution in [0.1, 0.15) is 26.7 Å². The van der Waals surface area contributed by atoms with Crippen molar-refractivity contribution in [3.8, 4) is 0 Å². The molecular formula is C8H18O2S2. The molecule has 0 saturated carbocycles. The zero-order valence-corrected chi connectivity index (χ0v) is 9.33. The first-order valence-corrected chi connectivity index (χ1v) is 6.80. The Morgan fingerprint density at radius 2 is 1.25 bits per heavy atom. The van der Waals surface area contributed by atoms with Gasteiger partial charge >= 0.3 is 0 Å². The number of hydrogen-bond acceptors (Lipinski definition) is 4. The van der Waals surface area contributed by atoms with Crippen molar-refractivity contribution in [2.24, 2.45) is 0 Å². The van der Waals surface area contributed by atoms with Crippen LogP contribution in [0.3, 0.4) is 0 Å². The van der Waals surface area contributed by atoms with E-state index in [9.17, 15) is 10.2 Å². The third-order valence-electron chi connectivity index (χ3n) is 1.55. The molecule has 0 heterocycles. The van der Waals surface area contributed by atoms with Gasteiger partial charge in [-0.25, -0.2) is 0 Å². The van der Waals surface area contributed by atoms with Crippen molar-refractivity contribution in [2.75, 3.05) is 11.5 Å². The summed E-state index contributed by atoms with van der Waals surface area (Å²) in [7, 11) is 3.27. The monoisotopic (exact) mass is 210 g/mol. The second-order valence-electron chi connectivity index (χ2n) is 2.69. The molecular weight excluding hydrogens is 192 g/mol. The maximum Gasteiger partial charge on any atom is 0.0636 e. The first-order valence-electron chi connectivity index (χ1n) is 4.31. The molecule has 0 aliphatic rings. The van der Waals surface area contributed by atoms with E-state index in [0.717, 1.165) is 24.3 Å². The average Bonchev–Trinajstić information content (AvgIpc) is 2.11. The molecule has 2 unspecified atom stereocenters. The van der Waals surface area contributed by atoms with Gasteiger partial charge in [0.05, 0.1) is 12.2 Å². The molecule has 0 bridgehead atoms. The van der Waals surface area contributed by atoms with Crippen molar-refractivity contribution < 1.29 is 10.2 Å². The molecule has 2 atom stereocenters. The van der Waals surface area contributed by atoms with Crippen LogP contribution in [0.15, 0.2) is 0 Å². The summed E-state index contributed by atoms with van der Waals surface area (Å²) in [5.41, 5.74) is 0. The second-order valence-corrected chi connectivity index (χ2v) is 5.25. The molecule has 0 aromatic carbocycles. The minimum Gasteiger partial charge on any atom is -0.392 e. The molecule has 0 aliphatic heterocycles. The predicted molar refractivity (Wildman–Crippen MR) is 57.5 cm³/mol. The van der Waals surface area contributed by atoms with Gasteiger partial charge in [0, 0.05) is 11.5 Å². The Morgan fingerprint density at radius 3 is 1.50 bits per heavy atom. The third kappa shape index (κ3) is 7.28. The van der Waals surface area contributed by atoms with Gasteiger partial charge in [0.1, 0.15) is 0 Å².